The van der Waals surface area contributed by atoms with Gasteiger partial charge >= 0.3 is 0 Å². The average Bonchev–Trinajstić information content (AvgIpc) is 3.02. The number of hydrogen-bond donors (Lipinski definition) is 1. The third kappa shape index (κ3) is 3.04. The molecule has 2 atom stereocenters. The van der Waals surface area contributed by atoms with E-state index in [0.717, 1.165) is 24.4 Å². The largest absolute Gasteiger partial charge is 0.348 e. The van der Waals surface area contributed by atoms with Crippen molar-refractivity contribution in [3.05, 3.63) is 11.1 Å². The van der Waals surface area contributed by atoms with Crippen molar-refractivity contribution in [1.29, 1.82) is 0 Å². The van der Waals surface area contributed by atoms with Gasteiger partial charge in [0, 0.05) is 36.8 Å². The Balaban J connectivity index is 1.60. The Morgan fingerprint density at radius 3 is 2.72 bits per heavy atom. The van der Waals surface area contributed by atoms with E-state index in [1.54, 1.807) is 0 Å². The lowest BCUT2D eigenvalue weighted by Crippen LogP contribution is -2.38. The van der Waals surface area contributed by atoms with Crippen LogP contribution in [-0.4, -0.2) is 24.1 Å². The maximum absolute atomic E-state index is 4.61. The van der Waals surface area contributed by atoms with Gasteiger partial charge in [-0.3, -0.25) is 0 Å². The molecular formula is C14H23N3S. The highest BCUT2D eigenvalue weighted by atomic mass is 32.1. The summed E-state index contributed by atoms with van der Waals surface area (Å²) in [6.45, 7) is 8.06. The van der Waals surface area contributed by atoms with Crippen LogP contribution >= 0.6 is 11.3 Å². The lowest BCUT2D eigenvalue weighted by Gasteiger charge is -2.34. The van der Waals surface area contributed by atoms with Crippen molar-refractivity contribution in [1.82, 2.24) is 10.3 Å². The van der Waals surface area contributed by atoms with Gasteiger partial charge in [-0.1, -0.05) is 13.8 Å². The summed E-state index contributed by atoms with van der Waals surface area (Å²) in [6, 6.07) is 0.783. The van der Waals surface area contributed by atoms with Crippen LogP contribution in [0.25, 0.3) is 0 Å². The molecule has 2 unspecified atom stereocenters. The second-order valence-electron chi connectivity index (χ2n) is 6.12. The molecule has 0 bridgehead atoms. The first kappa shape index (κ1) is 12.4. The van der Waals surface area contributed by atoms with Crippen molar-refractivity contribution in [2.24, 2.45) is 11.8 Å². The predicted molar refractivity (Wildman–Crippen MR) is 77.1 cm³/mol. The first-order valence-corrected chi connectivity index (χ1v) is 7.95. The number of thiazole rings is 1. The lowest BCUT2D eigenvalue weighted by atomic mass is 9.92. The molecule has 18 heavy (non-hydrogen) atoms. The predicted octanol–water partition coefficient (Wildman–Crippen LogP) is 2.88. The summed E-state index contributed by atoms with van der Waals surface area (Å²) in [5, 5.41) is 4.78. The fourth-order valence-electron chi connectivity index (χ4n) is 2.88. The molecule has 0 aromatic carbocycles. The molecule has 1 N–H and O–H groups in total. The van der Waals surface area contributed by atoms with Crippen molar-refractivity contribution in [3.63, 3.8) is 0 Å². The van der Waals surface area contributed by atoms with Crippen molar-refractivity contribution in [2.75, 3.05) is 18.0 Å². The van der Waals surface area contributed by atoms with Gasteiger partial charge in [0.05, 0.1) is 0 Å². The zero-order valence-corrected chi connectivity index (χ0v) is 12.2. The van der Waals surface area contributed by atoms with Crippen LogP contribution in [0.5, 0.6) is 0 Å². The smallest absolute Gasteiger partial charge is 0.185 e. The molecule has 4 heteroatoms. The van der Waals surface area contributed by atoms with E-state index in [1.165, 1.54) is 42.4 Å². The van der Waals surface area contributed by atoms with Gasteiger partial charge in [-0.25, -0.2) is 4.98 Å². The quantitative estimate of drug-likeness (QED) is 0.907. The Morgan fingerprint density at radius 2 is 2.06 bits per heavy atom. The molecule has 2 heterocycles. The number of piperidine rings is 1. The maximum Gasteiger partial charge on any atom is 0.185 e. The molecule has 3 rings (SSSR count). The Hall–Kier alpha value is -0.610. The molecule has 1 aromatic heterocycles. The normalized spacial score (nSPS) is 28.7. The number of hydrogen-bond acceptors (Lipinski definition) is 4. The van der Waals surface area contributed by atoms with Crippen molar-refractivity contribution in [3.8, 4) is 0 Å². The number of nitrogens with one attached hydrogen (secondary N) is 1. The average molecular weight is 265 g/mol. The molecule has 2 aliphatic rings. The summed E-state index contributed by atoms with van der Waals surface area (Å²) in [4.78, 5) is 8.47. The Bertz CT molecular complexity index is 389. The second-order valence-corrected chi connectivity index (χ2v) is 7.21. The van der Waals surface area contributed by atoms with E-state index in [-0.39, 0.29) is 0 Å². The minimum Gasteiger partial charge on any atom is -0.348 e. The summed E-state index contributed by atoms with van der Waals surface area (Å²) in [7, 11) is 0. The first-order chi connectivity index (χ1) is 8.70. The first-order valence-electron chi connectivity index (χ1n) is 7.13. The van der Waals surface area contributed by atoms with E-state index >= 15 is 0 Å². The third-order valence-electron chi connectivity index (χ3n) is 3.82. The summed E-state index contributed by atoms with van der Waals surface area (Å²) in [6.07, 6.45) is 6.12. The van der Waals surface area contributed by atoms with Crippen molar-refractivity contribution in [2.45, 2.75) is 45.7 Å². The van der Waals surface area contributed by atoms with E-state index in [4.69, 9.17) is 0 Å². The van der Waals surface area contributed by atoms with Gasteiger partial charge in [0.25, 0.3) is 0 Å². The van der Waals surface area contributed by atoms with Crippen molar-refractivity contribution < 1.29 is 0 Å². The molecule has 2 fully saturated rings. The molecule has 100 valence electrons. The summed E-state index contributed by atoms with van der Waals surface area (Å²) in [5.74, 6) is 1.59. The molecule has 1 saturated carbocycles. The van der Waals surface area contributed by atoms with E-state index in [0.29, 0.717) is 0 Å². The van der Waals surface area contributed by atoms with Crippen LogP contribution in [-0.2, 0) is 6.54 Å². The highest BCUT2D eigenvalue weighted by Gasteiger charge is 2.24. The molecule has 1 aromatic rings. The van der Waals surface area contributed by atoms with Gasteiger partial charge in [0.15, 0.2) is 5.13 Å². The molecule has 1 aliphatic heterocycles. The van der Waals surface area contributed by atoms with Crippen LogP contribution < -0.4 is 10.2 Å². The second kappa shape index (κ2) is 5.17. The van der Waals surface area contributed by atoms with Gasteiger partial charge in [0.1, 0.15) is 0 Å². The number of anilines is 1. The van der Waals surface area contributed by atoms with E-state index < -0.39 is 0 Å². The maximum atomic E-state index is 4.61. The summed E-state index contributed by atoms with van der Waals surface area (Å²) < 4.78 is 0. The third-order valence-corrected chi connectivity index (χ3v) is 4.88. The number of nitrogens with zero attached hydrogens (tertiary/aromatic N) is 2. The van der Waals surface area contributed by atoms with Crippen LogP contribution in [0.15, 0.2) is 6.20 Å². The van der Waals surface area contributed by atoms with Crippen LogP contribution in [0.2, 0.25) is 0 Å². The number of rotatable bonds is 4. The van der Waals surface area contributed by atoms with Gasteiger partial charge in [-0.15, -0.1) is 11.3 Å². The minimum absolute atomic E-state index is 0.783. The molecule has 0 amide bonds. The van der Waals surface area contributed by atoms with Gasteiger partial charge in [-0.05, 0) is 31.1 Å². The standard InChI is InChI=1S/C14H23N3S/c1-10-5-11(2)9-17(8-10)14-16-7-13(18-14)6-15-12-3-4-12/h7,10-12,15H,3-6,8-9H2,1-2H3. The molecule has 1 saturated heterocycles. The molecule has 3 nitrogen and oxygen atoms in total. The number of aromatic nitrogens is 1. The minimum atomic E-state index is 0.783. The van der Waals surface area contributed by atoms with Crippen LogP contribution in [0.1, 0.15) is 38.0 Å². The van der Waals surface area contributed by atoms with Gasteiger partial charge in [0.2, 0.25) is 0 Å². The van der Waals surface area contributed by atoms with Crippen LogP contribution in [0.4, 0.5) is 5.13 Å². The van der Waals surface area contributed by atoms with E-state index in [1.807, 2.05) is 11.3 Å². The Morgan fingerprint density at radius 1 is 1.33 bits per heavy atom. The summed E-state index contributed by atoms with van der Waals surface area (Å²) >= 11 is 1.87. The Kier molecular flexibility index (Phi) is 3.57. The molecule has 1 aliphatic carbocycles. The topological polar surface area (TPSA) is 28.2 Å². The highest BCUT2D eigenvalue weighted by molar-refractivity contribution is 7.15. The molecular weight excluding hydrogens is 242 g/mol. The lowest BCUT2D eigenvalue weighted by molar-refractivity contribution is 0.356. The van der Waals surface area contributed by atoms with Crippen LogP contribution in [0, 0.1) is 11.8 Å². The van der Waals surface area contributed by atoms with Gasteiger partial charge in [-0.2, -0.15) is 0 Å². The zero-order chi connectivity index (χ0) is 12.5. The Labute approximate surface area is 114 Å². The van der Waals surface area contributed by atoms with E-state index in [9.17, 15) is 0 Å². The zero-order valence-electron chi connectivity index (χ0n) is 11.4. The SMILES string of the molecule is CC1CC(C)CN(c2ncc(CNC3CC3)s2)C1. The fraction of sp³-hybridized carbons (Fsp3) is 0.786. The summed E-state index contributed by atoms with van der Waals surface area (Å²) in [5.41, 5.74) is 0. The van der Waals surface area contributed by atoms with Gasteiger partial charge < -0.3 is 10.2 Å². The monoisotopic (exact) mass is 265 g/mol. The fourth-order valence-corrected chi connectivity index (χ4v) is 3.76. The van der Waals surface area contributed by atoms with Crippen molar-refractivity contribution >= 4 is 16.5 Å². The van der Waals surface area contributed by atoms with Crippen LogP contribution in [0.3, 0.4) is 0 Å². The highest BCUT2D eigenvalue weighted by Crippen LogP contribution is 2.30. The van der Waals surface area contributed by atoms with E-state index in [2.05, 4.69) is 35.2 Å². The molecule has 0 spiro atoms. The molecule has 0 radical (unpaired) electrons.